The molecule has 1 unspecified atom stereocenters. The van der Waals surface area contributed by atoms with Gasteiger partial charge in [0.1, 0.15) is 0 Å². The van der Waals surface area contributed by atoms with Crippen molar-refractivity contribution in [2.45, 2.75) is 26.3 Å². The molecule has 3 heteroatoms. The molecular formula is C12H18BrNO. The van der Waals surface area contributed by atoms with E-state index in [0.29, 0.717) is 6.61 Å². The summed E-state index contributed by atoms with van der Waals surface area (Å²) in [4.78, 5) is 0. The average Bonchev–Trinajstić information content (AvgIpc) is 2.22. The highest BCUT2D eigenvalue weighted by Crippen LogP contribution is 2.23. The van der Waals surface area contributed by atoms with Crippen LogP contribution in [0.1, 0.15) is 30.5 Å². The second-order valence-corrected chi connectivity index (χ2v) is 4.56. The van der Waals surface area contributed by atoms with E-state index >= 15 is 0 Å². The summed E-state index contributed by atoms with van der Waals surface area (Å²) in [5.74, 6) is 0. The molecule has 0 heterocycles. The number of hydrogen-bond acceptors (Lipinski definition) is 2. The molecule has 0 radical (unpaired) electrons. The zero-order valence-electron chi connectivity index (χ0n) is 9.29. The lowest BCUT2D eigenvalue weighted by atomic mass is 10.1. The first-order valence-corrected chi connectivity index (χ1v) is 6.03. The third-order valence-corrected chi connectivity index (χ3v) is 2.92. The van der Waals surface area contributed by atoms with Crippen molar-refractivity contribution < 1.29 is 4.74 Å². The highest BCUT2D eigenvalue weighted by Gasteiger charge is 2.09. The van der Waals surface area contributed by atoms with Crippen LogP contribution < -0.4 is 5.73 Å². The van der Waals surface area contributed by atoms with Crippen molar-refractivity contribution >= 4 is 15.9 Å². The van der Waals surface area contributed by atoms with Crippen LogP contribution in [0, 0.1) is 6.92 Å². The molecule has 2 N–H and O–H groups in total. The summed E-state index contributed by atoms with van der Waals surface area (Å²) in [5, 5.41) is 0. The van der Waals surface area contributed by atoms with E-state index in [1.807, 2.05) is 6.07 Å². The molecule has 1 aromatic rings. The zero-order valence-corrected chi connectivity index (χ0v) is 10.9. The summed E-state index contributed by atoms with van der Waals surface area (Å²) in [6, 6.07) is 6.15. The van der Waals surface area contributed by atoms with E-state index in [0.717, 1.165) is 23.1 Å². The van der Waals surface area contributed by atoms with Crippen LogP contribution in [-0.4, -0.2) is 13.2 Å². The Hall–Kier alpha value is -0.380. The molecule has 0 aliphatic rings. The molecule has 2 nitrogen and oxygen atoms in total. The Balaban J connectivity index is 2.64. The fourth-order valence-corrected chi connectivity index (χ4v) is 1.93. The van der Waals surface area contributed by atoms with Crippen molar-refractivity contribution in [1.82, 2.24) is 0 Å². The quantitative estimate of drug-likeness (QED) is 0.835. The Bertz CT molecular complexity index is 314. The second-order valence-electron chi connectivity index (χ2n) is 3.71. The molecule has 84 valence electrons. The summed E-state index contributed by atoms with van der Waals surface area (Å²) in [5.41, 5.74) is 8.39. The molecule has 0 aliphatic carbocycles. The van der Waals surface area contributed by atoms with Gasteiger partial charge in [-0.25, -0.2) is 0 Å². The predicted molar refractivity (Wildman–Crippen MR) is 66.9 cm³/mol. The fourth-order valence-electron chi connectivity index (χ4n) is 1.39. The van der Waals surface area contributed by atoms with Gasteiger partial charge in [-0.2, -0.15) is 0 Å². The Morgan fingerprint density at radius 2 is 2.20 bits per heavy atom. The maximum absolute atomic E-state index is 6.05. The van der Waals surface area contributed by atoms with Gasteiger partial charge in [0.15, 0.2) is 0 Å². The van der Waals surface area contributed by atoms with Crippen molar-refractivity contribution in [2.24, 2.45) is 5.73 Å². The number of ether oxygens (including phenoxy) is 1. The molecule has 0 spiro atoms. The highest BCUT2D eigenvalue weighted by atomic mass is 79.9. The lowest BCUT2D eigenvalue weighted by Gasteiger charge is -2.14. The molecule has 0 aromatic heterocycles. The summed E-state index contributed by atoms with van der Waals surface area (Å²) >= 11 is 3.50. The third-order valence-electron chi connectivity index (χ3n) is 2.20. The molecule has 0 aliphatic heterocycles. The van der Waals surface area contributed by atoms with E-state index in [4.69, 9.17) is 10.5 Å². The zero-order chi connectivity index (χ0) is 11.3. The summed E-state index contributed by atoms with van der Waals surface area (Å²) in [6.07, 6.45) is 1.03. The van der Waals surface area contributed by atoms with Gasteiger partial charge in [0, 0.05) is 11.1 Å². The number of hydrogen-bond donors (Lipinski definition) is 1. The lowest BCUT2D eigenvalue weighted by molar-refractivity contribution is 0.121. The van der Waals surface area contributed by atoms with Gasteiger partial charge in [0.05, 0.1) is 12.6 Å². The summed E-state index contributed by atoms with van der Waals surface area (Å²) < 4.78 is 6.50. The smallest absolute Gasteiger partial charge is 0.0659 e. The molecule has 0 fully saturated rings. The monoisotopic (exact) mass is 271 g/mol. The molecule has 0 saturated heterocycles. The highest BCUT2D eigenvalue weighted by molar-refractivity contribution is 9.10. The van der Waals surface area contributed by atoms with Crippen LogP contribution in [0.3, 0.4) is 0 Å². The van der Waals surface area contributed by atoms with Crippen LogP contribution in [-0.2, 0) is 4.74 Å². The minimum absolute atomic E-state index is 0.0502. The van der Waals surface area contributed by atoms with E-state index in [-0.39, 0.29) is 6.04 Å². The van der Waals surface area contributed by atoms with Crippen LogP contribution in [0.25, 0.3) is 0 Å². The van der Waals surface area contributed by atoms with E-state index in [1.54, 1.807) is 0 Å². The summed E-state index contributed by atoms with van der Waals surface area (Å²) in [6.45, 7) is 5.51. The SMILES string of the molecule is CCCOCC(N)c1cc(C)ccc1Br. The molecule has 0 bridgehead atoms. The Morgan fingerprint density at radius 3 is 2.87 bits per heavy atom. The minimum Gasteiger partial charge on any atom is -0.379 e. The average molecular weight is 272 g/mol. The van der Waals surface area contributed by atoms with Crippen molar-refractivity contribution in [3.63, 3.8) is 0 Å². The van der Waals surface area contributed by atoms with Gasteiger partial charge < -0.3 is 10.5 Å². The molecule has 15 heavy (non-hydrogen) atoms. The van der Waals surface area contributed by atoms with Crippen molar-refractivity contribution in [3.8, 4) is 0 Å². The van der Waals surface area contributed by atoms with Crippen LogP contribution in [0.15, 0.2) is 22.7 Å². The van der Waals surface area contributed by atoms with Gasteiger partial charge in [0.2, 0.25) is 0 Å². The van der Waals surface area contributed by atoms with Crippen LogP contribution in [0.5, 0.6) is 0 Å². The Morgan fingerprint density at radius 1 is 1.47 bits per heavy atom. The van der Waals surface area contributed by atoms with Gasteiger partial charge in [-0.1, -0.05) is 40.5 Å². The van der Waals surface area contributed by atoms with Gasteiger partial charge in [-0.15, -0.1) is 0 Å². The van der Waals surface area contributed by atoms with Crippen molar-refractivity contribution in [1.29, 1.82) is 0 Å². The number of halogens is 1. The van der Waals surface area contributed by atoms with Gasteiger partial charge in [-0.05, 0) is 25.0 Å². The first kappa shape index (κ1) is 12.7. The molecular weight excluding hydrogens is 254 g/mol. The second kappa shape index (κ2) is 6.26. The maximum atomic E-state index is 6.05. The fraction of sp³-hybridized carbons (Fsp3) is 0.500. The lowest BCUT2D eigenvalue weighted by Crippen LogP contribution is -2.18. The van der Waals surface area contributed by atoms with Gasteiger partial charge in [-0.3, -0.25) is 0 Å². The van der Waals surface area contributed by atoms with E-state index in [1.165, 1.54) is 5.56 Å². The first-order chi connectivity index (χ1) is 7.15. The standard InChI is InChI=1S/C12H18BrNO/c1-3-6-15-8-12(14)10-7-9(2)4-5-11(10)13/h4-5,7,12H,3,6,8,14H2,1-2H3. The number of aryl methyl sites for hydroxylation is 1. The maximum Gasteiger partial charge on any atom is 0.0659 e. The van der Waals surface area contributed by atoms with Gasteiger partial charge in [0.25, 0.3) is 0 Å². The van der Waals surface area contributed by atoms with E-state index in [2.05, 4.69) is 41.9 Å². The van der Waals surface area contributed by atoms with Crippen LogP contribution in [0.4, 0.5) is 0 Å². The minimum atomic E-state index is -0.0502. The third kappa shape index (κ3) is 3.93. The number of nitrogens with two attached hydrogens (primary N) is 1. The largest absolute Gasteiger partial charge is 0.379 e. The Kier molecular flexibility index (Phi) is 5.29. The molecule has 1 rings (SSSR count). The van der Waals surface area contributed by atoms with Crippen LogP contribution in [0.2, 0.25) is 0 Å². The molecule has 0 amide bonds. The number of rotatable bonds is 5. The molecule has 0 saturated carbocycles. The molecule has 1 atom stereocenters. The Labute approximate surface area is 99.9 Å². The normalized spacial score (nSPS) is 12.8. The molecule has 1 aromatic carbocycles. The van der Waals surface area contributed by atoms with Crippen molar-refractivity contribution in [3.05, 3.63) is 33.8 Å². The van der Waals surface area contributed by atoms with Crippen LogP contribution >= 0.6 is 15.9 Å². The summed E-state index contributed by atoms with van der Waals surface area (Å²) in [7, 11) is 0. The first-order valence-electron chi connectivity index (χ1n) is 5.24. The van der Waals surface area contributed by atoms with E-state index < -0.39 is 0 Å². The topological polar surface area (TPSA) is 35.2 Å². The number of benzene rings is 1. The predicted octanol–water partition coefficient (Wildman–Crippen LogP) is 3.18. The van der Waals surface area contributed by atoms with Gasteiger partial charge >= 0.3 is 0 Å². The van der Waals surface area contributed by atoms with E-state index in [9.17, 15) is 0 Å². The van der Waals surface area contributed by atoms with Crippen molar-refractivity contribution in [2.75, 3.05) is 13.2 Å².